The summed E-state index contributed by atoms with van der Waals surface area (Å²) < 4.78 is 11.8. The molecule has 1 aliphatic rings. The Bertz CT molecular complexity index is 455. The number of halogens is 1. The van der Waals surface area contributed by atoms with Crippen molar-refractivity contribution in [1.82, 2.24) is 9.78 Å². The summed E-state index contributed by atoms with van der Waals surface area (Å²) in [5, 5.41) is 4.43. The van der Waals surface area contributed by atoms with Gasteiger partial charge in [0.05, 0.1) is 29.9 Å². The van der Waals surface area contributed by atoms with E-state index in [1.165, 1.54) is 6.20 Å². The topological polar surface area (TPSA) is 79.4 Å². The second-order valence-electron chi connectivity index (χ2n) is 4.65. The van der Waals surface area contributed by atoms with Gasteiger partial charge in [-0.15, -0.1) is 0 Å². The first kappa shape index (κ1) is 14.5. The Balaban J connectivity index is 2.24. The highest BCUT2D eigenvalue weighted by Crippen LogP contribution is 2.26. The maximum atomic E-state index is 12.6. The maximum Gasteiger partial charge on any atom is 0.202 e. The number of carbonyl (C=O) groups excluding carboxylic acids is 1. The van der Waals surface area contributed by atoms with E-state index in [0.717, 1.165) is 0 Å². The highest BCUT2D eigenvalue weighted by Gasteiger charge is 2.39. The summed E-state index contributed by atoms with van der Waals surface area (Å²) in [7, 11) is 1.59. The Morgan fingerprint density at radius 2 is 2.32 bits per heavy atom. The minimum atomic E-state index is -0.910. The van der Waals surface area contributed by atoms with Gasteiger partial charge in [-0.3, -0.25) is 9.48 Å². The SMILES string of the molecule is COCCn1ncc(Cl)c1C(=O)C1(N)CCOCC1. The quantitative estimate of drug-likeness (QED) is 0.813. The molecule has 0 aromatic carbocycles. The van der Waals surface area contributed by atoms with Gasteiger partial charge in [-0.05, 0) is 12.8 Å². The molecule has 2 heterocycles. The Kier molecular flexibility index (Phi) is 4.57. The van der Waals surface area contributed by atoms with Crippen LogP contribution in [0.4, 0.5) is 0 Å². The van der Waals surface area contributed by atoms with Gasteiger partial charge in [0.25, 0.3) is 0 Å². The van der Waals surface area contributed by atoms with Crippen LogP contribution in [0.1, 0.15) is 23.3 Å². The second-order valence-corrected chi connectivity index (χ2v) is 5.06. The predicted octanol–water partition coefficient (Wildman–Crippen LogP) is 0.873. The Hall–Kier alpha value is -0.950. The van der Waals surface area contributed by atoms with Crippen LogP contribution in [0.15, 0.2) is 6.20 Å². The van der Waals surface area contributed by atoms with Crippen LogP contribution in [0, 0.1) is 0 Å². The zero-order valence-electron chi connectivity index (χ0n) is 10.9. The molecular formula is C12H18ClN3O3. The lowest BCUT2D eigenvalue weighted by Gasteiger charge is -2.31. The molecule has 1 aliphatic heterocycles. The molecule has 6 nitrogen and oxygen atoms in total. The van der Waals surface area contributed by atoms with Gasteiger partial charge in [0, 0.05) is 20.3 Å². The molecule has 0 amide bonds. The van der Waals surface area contributed by atoms with Gasteiger partial charge in [-0.1, -0.05) is 11.6 Å². The summed E-state index contributed by atoms with van der Waals surface area (Å²) in [6.45, 7) is 1.91. The summed E-state index contributed by atoms with van der Waals surface area (Å²) in [4.78, 5) is 12.6. The van der Waals surface area contributed by atoms with Crippen LogP contribution in [-0.2, 0) is 16.0 Å². The fraction of sp³-hybridized carbons (Fsp3) is 0.667. The van der Waals surface area contributed by atoms with E-state index in [-0.39, 0.29) is 5.78 Å². The third-order valence-corrected chi connectivity index (χ3v) is 3.63. The van der Waals surface area contributed by atoms with E-state index in [0.29, 0.717) is 49.9 Å². The number of ketones is 1. The monoisotopic (exact) mass is 287 g/mol. The minimum absolute atomic E-state index is 0.172. The lowest BCUT2D eigenvalue weighted by Crippen LogP contribution is -2.52. The normalized spacial score (nSPS) is 18.5. The van der Waals surface area contributed by atoms with Gasteiger partial charge in [0.2, 0.25) is 5.78 Å². The number of methoxy groups -OCH3 is 1. The molecule has 0 spiro atoms. The second kappa shape index (κ2) is 6.00. The van der Waals surface area contributed by atoms with E-state index in [4.69, 9.17) is 26.8 Å². The van der Waals surface area contributed by atoms with E-state index in [1.807, 2.05) is 0 Å². The summed E-state index contributed by atoms with van der Waals surface area (Å²) in [6.07, 6.45) is 2.46. The number of nitrogens with zero attached hydrogens (tertiary/aromatic N) is 2. The summed E-state index contributed by atoms with van der Waals surface area (Å²) >= 11 is 6.07. The Labute approximate surface area is 116 Å². The molecule has 1 saturated heterocycles. The number of hydrogen-bond donors (Lipinski definition) is 1. The van der Waals surface area contributed by atoms with Gasteiger partial charge in [0.1, 0.15) is 5.69 Å². The van der Waals surface area contributed by atoms with Crippen molar-refractivity contribution in [3.05, 3.63) is 16.9 Å². The van der Waals surface area contributed by atoms with Crippen molar-refractivity contribution in [3.63, 3.8) is 0 Å². The Morgan fingerprint density at radius 3 is 2.95 bits per heavy atom. The van der Waals surface area contributed by atoms with Crippen LogP contribution in [0.3, 0.4) is 0 Å². The van der Waals surface area contributed by atoms with E-state index < -0.39 is 5.54 Å². The number of nitrogens with two attached hydrogens (primary N) is 1. The molecule has 0 aliphatic carbocycles. The fourth-order valence-corrected chi connectivity index (χ4v) is 2.36. The van der Waals surface area contributed by atoms with Crippen molar-refractivity contribution < 1.29 is 14.3 Å². The van der Waals surface area contributed by atoms with Crippen molar-refractivity contribution >= 4 is 17.4 Å². The first-order chi connectivity index (χ1) is 9.08. The molecule has 1 aromatic rings. The minimum Gasteiger partial charge on any atom is -0.383 e. The molecule has 0 unspecified atom stereocenters. The molecule has 0 bridgehead atoms. The van der Waals surface area contributed by atoms with Crippen molar-refractivity contribution in [1.29, 1.82) is 0 Å². The molecular weight excluding hydrogens is 270 g/mol. The summed E-state index contributed by atoms with van der Waals surface area (Å²) in [5.74, 6) is -0.172. The molecule has 7 heteroatoms. The van der Waals surface area contributed by atoms with E-state index in [9.17, 15) is 4.79 Å². The van der Waals surface area contributed by atoms with Crippen LogP contribution >= 0.6 is 11.6 Å². The van der Waals surface area contributed by atoms with Crippen molar-refractivity contribution in [2.24, 2.45) is 5.73 Å². The summed E-state index contributed by atoms with van der Waals surface area (Å²) in [5.41, 5.74) is 5.65. The third kappa shape index (κ3) is 2.97. The molecule has 106 valence electrons. The highest BCUT2D eigenvalue weighted by atomic mass is 35.5. The zero-order chi connectivity index (χ0) is 13.9. The van der Waals surface area contributed by atoms with Crippen LogP contribution < -0.4 is 5.73 Å². The predicted molar refractivity (Wildman–Crippen MR) is 70.4 cm³/mol. The molecule has 2 N–H and O–H groups in total. The number of ether oxygens (including phenoxy) is 2. The first-order valence-corrected chi connectivity index (χ1v) is 6.58. The molecule has 0 saturated carbocycles. The number of hydrogen-bond acceptors (Lipinski definition) is 5. The Morgan fingerprint density at radius 1 is 1.63 bits per heavy atom. The van der Waals surface area contributed by atoms with E-state index >= 15 is 0 Å². The van der Waals surface area contributed by atoms with E-state index in [2.05, 4.69) is 5.10 Å². The molecule has 0 atom stereocenters. The van der Waals surface area contributed by atoms with Crippen molar-refractivity contribution in [2.45, 2.75) is 24.9 Å². The largest absolute Gasteiger partial charge is 0.383 e. The number of carbonyl (C=O) groups is 1. The smallest absolute Gasteiger partial charge is 0.202 e. The number of aromatic nitrogens is 2. The van der Waals surface area contributed by atoms with Crippen LogP contribution in [0.2, 0.25) is 5.02 Å². The third-order valence-electron chi connectivity index (χ3n) is 3.35. The average molecular weight is 288 g/mol. The lowest BCUT2D eigenvalue weighted by atomic mass is 9.85. The van der Waals surface area contributed by atoms with Crippen LogP contribution in [-0.4, -0.2) is 48.0 Å². The van der Waals surface area contributed by atoms with E-state index in [1.54, 1.807) is 11.8 Å². The first-order valence-electron chi connectivity index (χ1n) is 6.20. The average Bonchev–Trinajstić information content (AvgIpc) is 2.77. The molecule has 1 aromatic heterocycles. The van der Waals surface area contributed by atoms with Gasteiger partial charge in [-0.2, -0.15) is 5.10 Å². The highest BCUT2D eigenvalue weighted by molar-refractivity contribution is 6.34. The van der Waals surface area contributed by atoms with Gasteiger partial charge in [-0.25, -0.2) is 0 Å². The fourth-order valence-electron chi connectivity index (χ4n) is 2.13. The molecule has 0 radical (unpaired) electrons. The number of rotatable bonds is 5. The van der Waals surface area contributed by atoms with Crippen LogP contribution in [0.5, 0.6) is 0 Å². The summed E-state index contributed by atoms with van der Waals surface area (Å²) in [6, 6.07) is 0. The zero-order valence-corrected chi connectivity index (χ0v) is 11.7. The lowest BCUT2D eigenvalue weighted by molar-refractivity contribution is 0.0440. The van der Waals surface area contributed by atoms with Gasteiger partial charge < -0.3 is 15.2 Å². The van der Waals surface area contributed by atoms with Crippen LogP contribution in [0.25, 0.3) is 0 Å². The van der Waals surface area contributed by atoms with Crippen molar-refractivity contribution in [2.75, 3.05) is 26.9 Å². The van der Waals surface area contributed by atoms with Gasteiger partial charge >= 0.3 is 0 Å². The molecule has 2 rings (SSSR count). The maximum absolute atomic E-state index is 12.6. The van der Waals surface area contributed by atoms with Crippen molar-refractivity contribution in [3.8, 4) is 0 Å². The number of Topliss-reactive ketones (excluding diaryl/α,β-unsaturated/α-hetero) is 1. The molecule has 1 fully saturated rings. The van der Waals surface area contributed by atoms with Gasteiger partial charge in [0.15, 0.2) is 0 Å². The molecule has 19 heavy (non-hydrogen) atoms. The standard InChI is InChI=1S/C12H18ClN3O3/c1-18-7-4-16-10(9(13)8-15-16)11(17)12(14)2-5-19-6-3-12/h8H,2-7,14H2,1H3.